The van der Waals surface area contributed by atoms with Crippen LogP contribution in [0.3, 0.4) is 0 Å². The molecule has 3 aliphatic rings. The Morgan fingerprint density at radius 2 is 1.89 bits per heavy atom. The molecule has 5 atom stereocenters. The Morgan fingerprint density at radius 1 is 1.18 bits per heavy atom. The summed E-state index contributed by atoms with van der Waals surface area (Å²) in [6, 6.07) is 4.45. The van der Waals surface area contributed by atoms with Crippen LogP contribution >= 0.6 is 0 Å². The van der Waals surface area contributed by atoms with Crippen LogP contribution in [0.2, 0.25) is 0 Å². The lowest BCUT2D eigenvalue weighted by atomic mass is 9.52. The maximum atomic E-state index is 12.6. The first-order chi connectivity index (χ1) is 12.9. The zero-order valence-electron chi connectivity index (χ0n) is 15.8. The van der Waals surface area contributed by atoms with Gasteiger partial charge in [-0.3, -0.25) is 4.79 Å². The van der Waals surface area contributed by atoms with E-state index in [4.69, 9.17) is 0 Å². The molecule has 3 aliphatic carbocycles. The fourth-order valence-corrected chi connectivity index (χ4v) is 6.56. The van der Waals surface area contributed by atoms with Crippen molar-refractivity contribution in [2.24, 2.45) is 23.2 Å². The Bertz CT molecular complexity index is 924. The summed E-state index contributed by atoms with van der Waals surface area (Å²) in [4.78, 5) is 12.5. The Hall–Kier alpha value is -1.57. The SMILES string of the molecule is C[C@H]1C[C@]2(C)C(=O)CCC2C2CCc3cc(OS(=O)(=O)C(F)(F)F)ccc3C21. The van der Waals surface area contributed by atoms with E-state index >= 15 is 0 Å². The predicted molar refractivity (Wildman–Crippen MR) is 96.2 cm³/mol. The molecule has 0 aromatic heterocycles. The minimum atomic E-state index is -5.67. The number of carbonyl (C=O) groups is 1. The lowest BCUT2D eigenvalue weighted by molar-refractivity contribution is -0.130. The van der Waals surface area contributed by atoms with Gasteiger partial charge in [-0.1, -0.05) is 19.9 Å². The van der Waals surface area contributed by atoms with Gasteiger partial charge in [0.05, 0.1) is 0 Å². The molecule has 0 N–H and O–H groups in total. The van der Waals surface area contributed by atoms with Gasteiger partial charge in [-0.15, -0.1) is 0 Å². The first-order valence-corrected chi connectivity index (χ1v) is 11.0. The van der Waals surface area contributed by atoms with Crippen molar-refractivity contribution in [2.45, 2.75) is 57.4 Å². The van der Waals surface area contributed by atoms with E-state index in [0.717, 1.165) is 30.4 Å². The highest BCUT2D eigenvalue weighted by Gasteiger charge is 2.56. The average molecular weight is 416 g/mol. The van der Waals surface area contributed by atoms with Gasteiger partial charge in [0, 0.05) is 11.8 Å². The van der Waals surface area contributed by atoms with E-state index < -0.39 is 15.6 Å². The highest BCUT2D eigenvalue weighted by atomic mass is 32.2. The maximum absolute atomic E-state index is 12.6. The molecule has 154 valence electrons. The lowest BCUT2D eigenvalue weighted by Gasteiger charge is -2.51. The first kappa shape index (κ1) is 19.7. The molecule has 0 spiro atoms. The van der Waals surface area contributed by atoms with Crippen LogP contribution in [0, 0.1) is 23.2 Å². The summed E-state index contributed by atoms with van der Waals surface area (Å²) in [5, 5.41) is 0. The maximum Gasteiger partial charge on any atom is 0.534 e. The van der Waals surface area contributed by atoms with E-state index in [9.17, 15) is 26.4 Å². The van der Waals surface area contributed by atoms with E-state index in [0.29, 0.717) is 30.5 Å². The van der Waals surface area contributed by atoms with Crippen molar-refractivity contribution in [1.29, 1.82) is 0 Å². The third-order valence-corrected chi connectivity index (χ3v) is 8.16. The molecule has 8 heteroatoms. The quantitative estimate of drug-likeness (QED) is 0.523. The molecular formula is C20H23F3O4S. The number of carbonyl (C=O) groups excluding carboxylic acids is 1. The summed E-state index contributed by atoms with van der Waals surface area (Å²) in [6.07, 6.45) is 3.85. The molecule has 1 aromatic rings. The number of alkyl halides is 3. The van der Waals surface area contributed by atoms with E-state index in [2.05, 4.69) is 18.0 Å². The molecule has 0 radical (unpaired) electrons. The van der Waals surface area contributed by atoms with Crippen LogP contribution in [-0.2, 0) is 21.3 Å². The number of aryl methyl sites for hydroxylation is 1. The highest BCUT2D eigenvalue weighted by molar-refractivity contribution is 7.88. The number of hydrogen-bond acceptors (Lipinski definition) is 4. The Balaban J connectivity index is 1.65. The Morgan fingerprint density at radius 3 is 2.57 bits per heavy atom. The van der Waals surface area contributed by atoms with Gasteiger partial charge in [0.15, 0.2) is 0 Å². The monoisotopic (exact) mass is 416 g/mol. The van der Waals surface area contributed by atoms with Crippen LogP contribution in [0.4, 0.5) is 13.2 Å². The number of fused-ring (bicyclic) bond motifs is 5. The molecule has 0 heterocycles. The summed E-state index contributed by atoms with van der Waals surface area (Å²) < 4.78 is 64.6. The Labute approximate surface area is 162 Å². The largest absolute Gasteiger partial charge is 0.534 e. The van der Waals surface area contributed by atoms with Gasteiger partial charge in [-0.25, -0.2) is 0 Å². The fraction of sp³-hybridized carbons (Fsp3) is 0.650. The summed E-state index contributed by atoms with van der Waals surface area (Å²) in [7, 11) is -5.67. The van der Waals surface area contributed by atoms with E-state index in [-0.39, 0.29) is 23.0 Å². The first-order valence-electron chi connectivity index (χ1n) is 9.61. The van der Waals surface area contributed by atoms with Crippen molar-refractivity contribution in [3.8, 4) is 5.75 Å². The van der Waals surface area contributed by atoms with E-state index in [1.807, 2.05) is 0 Å². The molecule has 1 aromatic carbocycles. The molecule has 2 fully saturated rings. The highest BCUT2D eigenvalue weighted by Crippen LogP contribution is 2.61. The molecule has 2 saturated carbocycles. The van der Waals surface area contributed by atoms with Crippen LogP contribution in [0.1, 0.15) is 56.6 Å². The molecule has 3 unspecified atom stereocenters. The number of halogens is 3. The molecule has 0 aliphatic heterocycles. The number of rotatable bonds is 2. The third kappa shape index (κ3) is 2.86. The zero-order chi connectivity index (χ0) is 20.5. The number of hydrogen-bond donors (Lipinski definition) is 0. The van der Waals surface area contributed by atoms with Crippen molar-refractivity contribution in [3.63, 3.8) is 0 Å². The van der Waals surface area contributed by atoms with Crippen LogP contribution in [0.15, 0.2) is 18.2 Å². The van der Waals surface area contributed by atoms with Gasteiger partial charge < -0.3 is 4.18 Å². The minimum absolute atomic E-state index is 0.237. The number of ketones is 1. The van der Waals surface area contributed by atoms with Gasteiger partial charge in [0.2, 0.25) is 0 Å². The average Bonchev–Trinajstić information content (AvgIpc) is 2.88. The van der Waals surface area contributed by atoms with Gasteiger partial charge in [0.25, 0.3) is 0 Å². The van der Waals surface area contributed by atoms with E-state index in [1.54, 1.807) is 6.07 Å². The molecule has 0 saturated heterocycles. The molecular weight excluding hydrogens is 393 g/mol. The Kier molecular flexibility index (Phi) is 4.38. The number of Topliss-reactive ketones (excluding diaryl/α,β-unsaturated/α-hetero) is 1. The van der Waals surface area contributed by atoms with Gasteiger partial charge >= 0.3 is 15.6 Å². The second-order valence-corrected chi connectivity index (χ2v) is 10.3. The predicted octanol–water partition coefficient (Wildman–Crippen LogP) is 4.59. The van der Waals surface area contributed by atoms with Crippen LogP contribution < -0.4 is 4.18 Å². The molecule has 0 amide bonds. The van der Waals surface area contributed by atoms with Gasteiger partial charge in [-0.05, 0) is 72.6 Å². The summed E-state index contributed by atoms with van der Waals surface area (Å²) in [5.41, 5.74) is -3.81. The lowest BCUT2D eigenvalue weighted by Crippen LogP contribution is -2.46. The summed E-state index contributed by atoms with van der Waals surface area (Å²) in [5.74, 6) is 1.28. The standard InChI is InChI=1S/C20H23F3O4S/c1-11-10-19(2)16(7-8-17(19)24)15-5-3-12-9-13(4-6-14(12)18(11)15)27-28(25,26)20(21,22)23/h4,6,9,11,15-16,18H,3,5,7-8,10H2,1-2H3/t11-,15?,16?,18?,19-/m0/s1. The molecule has 4 rings (SSSR count). The van der Waals surface area contributed by atoms with Crippen LogP contribution in [0.5, 0.6) is 5.75 Å². The molecule has 4 nitrogen and oxygen atoms in total. The minimum Gasteiger partial charge on any atom is -0.376 e. The van der Waals surface area contributed by atoms with Gasteiger partial charge in [0.1, 0.15) is 11.5 Å². The van der Waals surface area contributed by atoms with Crippen molar-refractivity contribution in [2.75, 3.05) is 0 Å². The topological polar surface area (TPSA) is 60.4 Å². The van der Waals surface area contributed by atoms with Crippen LogP contribution in [0.25, 0.3) is 0 Å². The summed E-state index contributed by atoms with van der Waals surface area (Å²) >= 11 is 0. The van der Waals surface area contributed by atoms with Crippen molar-refractivity contribution in [3.05, 3.63) is 29.3 Å². The second kappa shape index (κ2) is 6.21. The smallest absolute Gasteiger partial charge is 0.376 e. The third-order valence-electron chi connectivity index (χ3n) is 7.18. The normalized spacial score (nSPS) is 35.1. The fourth-order valence-electron chi connectivity index (χ4n) is 6.11. The van der Waals surface area contributed by atoms with Crippen molar-refractivity contribution >= 4 is 15.9 Å². The molecule has 28 heavy (non-hydrogen) atoms. The van der Waals surface area contributed by atoms with E-state index in [1.165, 1.54) is 12.1 Å². The van der Waals surface area contributed by atoms with Gasteiger partial charge in [-0.2, -0.15) is 21.6 Å². The molecule has 0 bridgehead atoms. The summed E-state index contributed by atoms with van der Waals surface area (Å²) in [6.45, 7) is 4.23. The zero-order valence-corrected chi connectivity index (χ0v) is 16.6. The van der Waals surface area contributed by atoms with Crippen molar-refractivity contribution in [1.82, 2.24) is 0 Å². The number of benzene rings is 1. The van der Waals surface area contributed by atoms with Crippen molar-refractivity contribution < 1.29 is 30.6 Å². The van der Waals surface area contributed by atoms with Crippen LogP contribution in [-0.4, -0.2) is 19.7 Å². The second-order valence-electron chi connectivity index (χ2n) is 8.74.